The Balaban J connectivity index is 2.89. The van der Waals surface area contributed by atoms with Crippen molar-refractivity contribution in [2.24, 2.45) is 0 Å². The third-order valence-electron chi connectivity index (χ3n) is 3.72. The SMILES string of the molecule is CCC1OC(C(C)=CN(CCC(C)=O)C(=O)NC=O)C(O)C1O. The third-order valence-corrected chi connectivity index (χ3v) is 3.72. The van der Waals surface area contributed by atoms with E-state index in [1.54, 1.807) is 6.92 Å². The predicted molar refractivity (Wildman–Crippen MR) is 81.3 cm³/mol. The maximum atomic E-state index is 11.8. The Morgan fingerprint density at radius 1 is 1.26 bits per heavy atom. The van der Waals surface area contributed by atoms with Crippen molar-refractivity contribution in [3.05, 3.63) is 11.8 Å². The van der Waals surface area contributed by atoms with Crippen molar-refractivity contribution in [3.63, 3.8) is 0 Å². The Morgan fingerprint density at radius 2 is 1.91 bits per heavy atom. The molecular formula is C15H24N2O6. The predicted octanol–water partition coefficient (Wildman–Crippen LogP) is -0.0635. The fraction of sp³-hybridized carbons (Fsp3) is 0.667. The summed E-state index contributed by atoms with van der Waals surface area (Å²) in [6.45, 7) is 4.97. The minimum Gasteiger partial charge on any atom is -0.388 e. The molecular weight excluding hydrogens is 304 g/mol. The summed E-state index contributed by atoms with van der Waals surface area (Å²) in [4.78, 5) is 34.6. The quantitative estimate of drug-likeness (QED) is 0.564. The van der Waals surface area contributed by atoms with E-state index in [2.05, 4.69) is 0 Å². The second kappa shape index (κ2) is 8.76. The van der Waals surface area contributed by atoms with E-state index in [4.69, 9.17) is 4.74 Å². The number of ketones is 1. The van der Waals surface area contributed by atoms with Gasteiger partial charge in [-0.15, -0.1) is 0 Å². The minimum atomic E-state index is -1.10. The van der Waals surface area contributed by atoms with Crippen LogP contribution in [0.3, 0.4) is 0 Å². The summed E-state index contributed by atoms with van der Waals surface area (Å²) in [6, 6.07) is -0.680. The molecule has 1 saturated heterocycles. The number of Topliss-reactive ketones (excluding diaryl/α,β-unsaturated/α-hetero) is 1. The van der Waals surface area contributed by atoms with Crippen LogP contribution >= 0.6 is 0 Å². The van der Waals surface area contributed by atoms with E-state index in [1.807, 2.05) is 12.2 Å². The van der Waals surface area contributed by atoms with E-state index in [0.717, 1.165) is 0 Å². The van der Waals surface area contributed by atoms with Crippen LogP contribution < -0.4 is 5.32 Å². The van der Waals surface area contributed by atoms with E-state index in [0.29, 0.717) is 12.0 Å². The van der Waals surface area contributed by atoms with E-state index in [9.17, 15) is 24.6 Å². The van der Waals surface area contributed by atoms with Crippen molar-refractivity contribution in [1.29, 1.82) is 0 Å². The molecule has 23 heavy (non-hydrogen) atoms. The lowest BCUT2D eigenvalue weighted by Crippen LogP contribution is -2.38. The summed E-state index contributed by atoms with van der Waals surface area (Å²) in [5.41, 5.74) is 0.511. The van der Waals surface area contributed by atoms with Crippen LogP contribution in [0.2, 0.25) is 0 Å². The van der Waals surface area contributed by atoms with Crippen LogP contribution in [0.25, 0.3) is 0 Å². The Morgan fingerprint density at radius 3 is 2.39 bits per heavy atom. The van der Waals surface area contributed by atoms with Crippen molar-refractivity contribution < 1.29 is 29.3 Å². The van der Waals surface area contributed by atoms with Crippen LogP contribution in [-0.2, 0) is 14.3 Å². The summed E-state index contributed by atoms with van der Waals surface area (Å²) in [7, 11) is 0. The number of urea groups is 1. The summed E-state index contributed by atoms with van der Waals surface area (Å²) in [5.74, 6) is -0.0985. The van der Waals surface area contributed by atoms with Crippen LogP contribution in [0.4, 0.5) is 4.79 Å². The molecule has 1 aliphatic rings. The molecule has 0 aromatic carbocycles. The zero-order chi connectivity index (χ0) is 17.6. The van der Waals surface area contributed by atoms with Crippen LogP contribution in [0.15, 0.2) is 11.8 Å². The largest absolute Gasteiger partial charge is 0.388 e. The number of amides is 3. The Kier molecular flexibility index (Phi) is 7.34. The monoisotopic (exact) mass is 328 g/mol. The number of hydrogen-bond donors (Lipinski definition) is 3. The van der Waals surface area contributed by atoms with Gasteiger partial charge in [0.1, 0.15) is 24.1 Å². The highest BCUT2D eigenvalue weighted by Crippen LogP contribution is 2.28. The van der Waals surface area contributed by atoms with E-state index in [1.165, 1.54) is 18.0 Å². The summed E-state index contributed by atoms with van der Waals surface area (Å²) >= 11 is 0. The van der Waals surface area contributed by atoms with Gasteiger partial charge < -0.3 is 19.8 Å². The lowest BCUT2D eigenvalue weighted by Gasteiger charge is -2.21. The second-order valence-electron chi connectivity index (χ2n) is 5.57. The lowest BCUT2D eigenvalue weighted by atomic mass is 10.0. The van der Waals surface area contributed by atoms with Crippen molar-refractivity contribution >= 4 is 18.2 Å². The first-order chi connectivity index (χ1) is 10.8. The zero-order valence-corrected chi connectivity index (χ0v) is 13.6. The van der Waals surface area contributed by atoms with Gasteiger partial charge >= 0.3 is 6.03 Å². The average molecular weight is 328 g/mol. The summed E-state index contributed by atoms with van der Waals surface area (Å²) in [6.07, 6.45) is -0.981. The standard InChI is InChI=1S/C15H24N2O6/c1-4-11-12(20)13(21)14(23-11)9(2)7-17(6-5-10(3)19)15(22)16-8-18/h7-8,11-14,20-21H,4-6H2,1-3H3,(H,16,18,22). The maximum Gasteiger partial charge on any atom is 0.327 e. The molecule has 1 rings (SSSR count). The zero-order valence-electron chi connectivity index (χ0n) is 13.6. The van der Waals surface area contributed by atoms with Crippen molar-refractivity contribution in [2.45, 2.75) is 58.0 Å². The Bertz CT molecular complexity index is 479. The molecule has 4 atom stereocenters. The molecule has 1 heterocycles. The highest BCUT2D eigenvalue weighted by molar-refractivity contribution is 5.85. The normalized spacial score (nSPS) is 27.6. The fourth-order valence-electron chi connectivity index (χ4n) is 2.42. The molecule has 0 spiro atoms. The first kappa shape index (κ1) is 19.3. The number of hydrogen-bond acceptors (Lipinski definition) is 6. The molecule has 4 unspecified atom stereocenters. The van der Waals surface area contributed by atoms with Gasteiger partial charge in [-0.25, -0.2) is 4.79 Å². The number of aliphatic hydroxyl groups excluding tert-OH is 2. The van der Waals surface area contributed by atoms with Gasteiger partial charge in [-0.1, -0.05) is 6.92 Å². The average Bonchev–Trinajstić information content (AvgIpc) is 2.79. The first-order valence-corrected chi connectivity index (χ1v) is 7.51. The minimum absolute atomic E-state index is 0.0922. The molecule has 130 valence electrons. The number of aliphatic hydroxyl groups is 2. The number of carbonyl (C=O) groups is 3. The summed E-state index contributed by atoms with van der Waals surface area (Å²) in [5, 5.41) is 22.0. The fourth-order valence-corrected chi connectivity index (χ4v) is 2.42. The molecule has 1 aliphatic heterocycles. The first-order valence-electron chi connectivity index (χ1n) is 7.51. The summed E-state index contributed by atoms with van der Waals surface area (Å²) < 4.78 is 5.60. The number of nitrogens with zero attached hydrogens (tertiary/aromatic N) is 1. The number of nitrogens with one attached hydrogen (secondary N) is 1. The molecule has 0 saturated carbocycles. The van der Waals surface area contributed by atoms with Crippen molar-refractivity contribution in [3.8, 4) is 0 Å². The smallest absolute Gasteiger partial charge is 0.327 e. The third kappa shape index (κ3) is 5.12. The van der Waals surface area contributed by atoms with Gasteiger partial charge in [0.05, 0.1) is 6.10 Å². The molecule has 0 aliphatic carbocycles. The highest BCUT2D eigenvalue weighted by Gasteiger charge is 2.42. The van der Waals surface area contributed by atoms with Crippen LogP contribution in [0, 0.1) is 0 Å². The molecule has 3 amide bonds. The van der Waals surface area contributed by atoms with Crippen LogP contribution in [0.1, 0.15) is 33.6 Å². The molecule has 0 aromatic rings. The van der Waals surface area contributed by atoms with E-state index >= 15 is 0 Å². The van der Waals surface area contributed by atoms with E-state index in [-0.39, 0.29) is 25.2 Å². The van der Waals surface area contributed by atoms with Crippen LogP contribution in [-0.4, -0.2) is 64.3 Å². The molecule has 8 nitrogen and oxygen atoms in total. The number of carbonyl (C=O) groups excluding carboxylic acids is 3. The lowest BCUT2D eigenvalue weighted by molar-refractivity contribution is -0.117. The van der Waals surface area contributed by atoms with Crippen molar-refractivity contribution in [1.82, 2.24) is 10.2 Å². The number of rotatable bonds is 7. The molecule has 1 fully saturated rings. The number of ether oxygens (including phenoxy) is 1. The van der Waals surface area contributed by atoms with Gasteiger partial charge in [0.15, 0.2) is 0 Å². The second-order valence-corrected chi connectivity index (χ2v) is 5.57. The Hall–Kier alpha value is -1.77. The van der Waals surface area contributed by atoms with Gasteiger partial charge in [-0.3, -0.25) is 14.9 Å². The van der Waals surface area contributed by atoms with Gasteiger partial charge in [0.25, 0.3) is 0 Å². The molecule has 0 radical (unpaired) electrons. The topological polar surface area (TPSA) is 116 Å². The molecule has 0 aromatic heterocycles. The molecule has 8 heteroatoms. The van der Waals surface area contributed by atoms with Gasteiger partial charge in [0, 0.05) is 19.2 Å². The van der Waals surface area contributed by atoms with E-state index < -0.39 is 30.4 Å². The Labute approximate surface area is 135 Å². The van der Waals surface area contributed by atoms with Crippen LogP contribution in [0.5, 0.6) is 0 Å². The van der Waals surface area contributed by atoms with Gasteiger partial charge in [0.2, 0.25) is 6.41 Å². The maximum absolute atomic E-state index is 11.8. The highest BCUT2D eigenvalue weighted by atomic mass is 16.5. The van der Waals surface area contributed by atoms with Crippen molar-refractivity contribution in [2.75, 3.05) is 6.54 Å². The number of imide groups is 1. The van der Waals surface area contributed by atoms with Gasteiger partial charge in [-0.2, -0.15) is 0 Å². The molecule has 0 bridgehead atoms. The molecule has 3 N–H and O–H groups in total. The van der Waals surface area contributed by atoms with Gasteiger partial charge in [-0.05, 0) is 25.8 Å².